The maximum atomic E-state index is 2.25. The van der Waals surface area contributed by atoms with Gasteiger partial charge in [0.25, 0.3) is 0 Å². The highest BCUT2D eigenvalue weighted by molar-refractivity contribution is 5.92. The van der Waals surface area contributed by atoms with E-state index in [4.69, 9.17) is 0 Å². The fraction of sp³-hybridized carbons (Fsp3) is 0.217. The van der Waals surface area contributed by atoms with Crippen LogP contribution in [-0.4, -0.2) is 0 Å². The van der Waals surface area contributed by atoms with Crippen LogP contribution < -0.4 is 0 Å². The molecule has 0 N–H and O–H groups in total. The fourth-order valence-corrected chi connectivity index (χ4v) is 2.72. The Balaban J connectivity index is 0.000000229. The molecular formula is C23H26. The van der Waals surface area contributed by atoms with Gasteiger partial charge in [-0.3, -0.25) is 0 Å². The molecule has 0 fully saturated rings. The summed E-state index contributed by atoms with van der Waals surface area (Å²) in [4.78, 5) is 0. The van der Waals surface area contributed by atoms with E-state index in [1.165, 1.54) is 33.0 Å². The second-order valence-electron chi connectivity index (χ2n) is 5.87. The smallest absolute Gasteiger partial charge is 0.0109 e. The lowest BCUT2D eigenvalue weighted by Gasteiger charge is -2.09. The van der Waals surface area contributed by atoms with Gasteiger partial charge in [0.2, 0.25) is 0 Å². The molecule has 23 heavy (non-hydrogen) atoms. The Morgan fingerprint density at radius 2 is 1.57 bits per heavy atom. The molecule has 0 bridgehead atoms. The predicted molar refractivity (Wildman–Crippen MR) is 104 cm³/mol. The lowest BCUT2D eigenvalue weighted by atomic mass is 9.96. The molecule has 0 unspecified atom stereocenters. The van der Waals surface area contributed by atoms with Gasteiger partial charge in [0.05, 0.1) is 0 Å². The Labute approximate surface area is 140 Å². The maximum Gasteiger partial charge on any atom is -0.0109 e. The number of rotatable bonds is 2. The van der Waals surface area contributed by atoms with Crippen molar-refractivity contribution in [3.8, 4) is 0 Å². The first-order chi connectivity index (χ1) is 11.2. The van der Waals surface area contributed by atoms with Crippen molar-refractivity contribution in [2.24, 2.45) is 0 Å². The molecule has 0 atom stereocenters. The van der Waals surface area contributed by atoms with Gasteiger partial charge in [-0.05, 0) is 49.1 Å². The van der Waals surface area contributed by atoms with Crippen LogP contribution in [0.1, 0.15) is 36.1 Å². The van der Waals surface area contributed by atoms with Crippen LogP contribution >= 0.6 is 0 Å². The van der Waals surface area contributed by atoms with Crippen LogP contribution in [0.5, 0.6) is 0 Å². The van der Waals surface area contributed by atoms with Crippen molar-refractivity contribution in [1.29, 1.82) is 0 Å². The van der Waals surface area contributed by atoms with E-state index in [2.05, 4.69) is 82.3 Å². The maximum absolute atomic E-state index is 2.25. The van der Waals surface area contributed by atoms with Crippen LogP contribution in [0.2, 0.25) is 0 Å². The number of hydrogen-bond donors (Lipinski definition) is 0. The third kappa shape index (κ3) is 4.56. The first-order valence-corrected chi connectivity index (χ1v) is 8.32. The van der Waals surface area contributed by atoms with Gasteiger partial charge in [0.1, 0.15) is 0 Å². The normalized spacial score (nSPS) is 10.6. The Bertz CT molecular complexity index is 780. The van der Waals surface area contributed by atoms with Crippen molar-refractivity contribution < 1.29 is 0 Å². The monoisotopic (exact) mass is 302 g/mol. The highest BCUT2D eigenvalue weighted by Crippen LogP contribution is 2.25. The Morgan fingerprint density at radius 3 is 2.13 bits per heavy atom. The average molecular weight is 302 g/mol. The summed E-state index contributed by atoms with van der Waals surface area (Å²) < 4.78 is 0. The molecule has 0 saturated carbocycles. The number of fused-ring (bicyclic) bond motifs is 1. The van der Waals surface area contributed by atoms with E-state index in [1.54, 1.807) is 0 Å². The van der Waals surface area contributed by atoms with Crippen LogP contribution in [0.4, 0.5) is 0 Å². The molecule has 0 aliphatic rings. The summed E-state index contributed by atoms with van der Waals surface area (Å²) in [5.41, 5.74) is 5.45. The Morgan fingerprint density at radius 1 is 0.826 bits per heavy atom. The summed E-state index contributed by atoms with van der Waals surface area (Å²) in [6, 6.07) is 21.4. The van der Waals surface area contributed by atoms with Gasteiger partial charge < -0.3 is 0 Å². The van der Waals surface area contributed by atoms with Crippen molar-refractivity contribution in [1.82, 2.24) is 0 Å². The number of benzene rings is 3. The van der Waals surface area contributed by atoms with Gasteiger partial charge in [0, 0.05) is 0 Å². The number of aryl methyl sites for hydroxylation is 3. The molecule has 0 saturated heterocycles. The summed E-state index contributed by atoms with van der Waals surface area (Å²) in [5, 5.41) is 2.70. The second-order valence-corrected chi connectivity index (χ2v) is 5.87. The van der Waals surface area contributed by atoms with Crippen LogP contribution in [-0.2, 0) is 6.42 Å². The van der Waals surface area contributed by atoms with E-state index >= 15 is 0 Å². The minimum Gasteiger partial charge on any atom is -0.0870 e. The number of hydrogen-bond acceptors (Lipinski definition) is 0. The summed E-state index contributed by atoms with van der Waals surface area (Å²) in [7, 11) is 0. The van der Waals surface area contributed by atoms with Crippen molar-refractivity contribution in [3.05, 3.63) is 89.0 Å². The van der Waals surface area contributed by atoms with Crippen molar-refractivity contribution in [2.45, 2.75) is 34.1 Å². The first kappa shape index (κ1) is 17.0. The van der Waals surface area contributed by atoms with Crippen LogP contribution in [0.25, 0.3) is 16.8 Å². The third-order valence-corrected chi connectivity index (χ3v) is 3.96. The molecule has 3 rings (SSSR count). The van der Waals surface area contributed by atoms with E-state index < -0.39 is 0 Å². The highest BCUT2D eigenvalue weighted by atomic mass is 14.1. The van der Waals surface area contributed by atoms with Crippen LogP contribution in [0, 0.1) is 13.8 Å². The molecule has 118 valence electrons. The Kier molecular flexibility index (Phi) is 6.17. The van der Waals surface area contributed by atoms with Gasteiger partial charge >= 0.3 is 0 Å². The lowest BCUT2D eigenvalue weighted by Crippen LogP contribution is -1.88. The van der Waals surface area contributed by atoms with Crippen molar-refractivity contribution in [2.75, 3.05) is 0 Å². The zero-order valence-electron chi connectivity index (χ0n) is 14.6. The van der Waals surface area contributed by atoms with Gasteiger partial charge in [-0.25, -0.2) is 0 Å². The lowest BCUT2D eigenvalue weighted by molar-refractivity contribution is 1.14. The van der Waals surface area contributed by atoms with Gasteiger partial charge in [0.15, 0.2) is 0 Å². The first-order valence-electron chi connectivity index (χ1n) is 8.32. The van der Waals surface area contributed by atoms with Crippen molar-refractivity contribution in [3.63, 3.8) is 0 Å². The molecular weight excluding hydrogens is 276 g/mol. The van der Waals surface area contributed by atoms with E-state index in [0.29, 0.717) is 0 Å². The Hall–Kier alpha value is -2.34. The van der Waals surface area contributed by atoms with E-state index in [1.807, 2.05) is 18.2 Å². The summed E-state index contributed by atoms with van der Waals surface area (Å²) in [6.45, 7) is 8.51. The van der Waals surface area contributed by atoms with Gasteiger partial charge in [-0.15, -0.1) is 0 Å². The minimum absolute atomic E-state index is 1.09. The predicted octanol–water partition coefficient (Wildman–Crippen LogP) is 6.74. The molecule has 0 heteroatoms. The zero-order chi connectivity index (χ0) is 16.7. The summed E-state index contributed by atoms with van der Waals surface area (Å²) in [6.07, 6.45) is 5.42. The third-order valence-electron chi connectivity index (χ3n) is 3.96. The largest absolute Gasteiger partial charge is 0.0870 e. The van der Waals surface area contributed by atoms with E-state index in [0.717, 1.165) is 6.42 Å². The second kappa shape index (κ2) is 8.33. The molecule has 0 aliphatic heterocycles. The summed E-state index contributed by atoms with van der Waals surface area (Å²) in [5.74, 6) is 0. The van der Waals surface area contributed by atoms with Crippen LogP contribution in [0.3, 0.4) is 0 Å². The molecule has 0 spiro atoms. The molecule has 0 radical (unpaired) electrons. The minimum atomic E-state index is 1.09. The molecule has 0 nitrogen and oxygen atoms in total. The number of allylic oxidation sites excluding steroid dienone is 1. The molecule has 3 aromatic rings. The standard InChI is InChI=1S/C16H18.C7H8/c1-4-6-15-13(5-2)8-9-14-11-12(3)7-10-16(14)15;1-7-5-3-2-4-6-7/h4,6-11H,5H2,1-3H3;2-6H,1H3/b6-4-;. The topological polar surface area (TPSA) is 0 Å². The molecule has 0 aliphatic carbocycles. The SMILES string of the molecule is C/C=C\c1c(CC)ccc2cc(C)ccc12.Cc1ccccc1. The van der Waals surface area contributed by atoms with E-state index in [-0.39, 0.29) is 0 Å². The van der Waals surface area contributed by atoms with Crippen molar-refractivity contribution >= 4 is 16.8 Å². The zero-order valence-corrected chi connectivity index (χ0v) is 14.6. The van der Waals surface area contributed by atoms with E-state index in [9.17, 15) is 0 Å². The molecule has 3 aromatic carbocycles. The highest BCUT2D eigenvalue weighted by Gasteiger charge is 2.03. The quantitative estimate of drug-likeness (QED) is 0.492. The fourth-order valence-electron chi connectivity index (χ4n) is 2.72. The van der Waals surface area contributed by atoms with Gasteiger partial charge in [-0.2, -0.15) is 0 Å². The van der Waals surface area contributed by atoms with Crippen LogP contribution in [0.15, 0.2) is 66.7 Å². The molecule has 0 amide bonds. The summed E-state index contributed by atoms with van der Waals surface area (Å²) >= 11 is 0. The average Bonchev–Trinajstić information content (AvgIpc) is 2.56. The van der Waals surface area contributed by atoms with Gasteiger partial charge in [-0.1, -0.05) is 90.9 Å². The molecule has 0 aromatic heterocycles. The molecule has 0 heterocycles.